The van der Waals surface area contributed by atoms with Gasteiger partial charge >= 0.3 is 5.63 Å². The molecule has 2 aromatic carbocycles. The van der Waals surface area contributed by atoms with Crippen molar-refractivity contribution in [3.63, 3.8) is 0 Å². The molecule has 174 valence electrons. The van der Waals surface area contributed by atoms with Crippen LogP contribution in [-0.4, -0.2) is 55.4 Å². The molecule has 0 spiro atoms. The van der Waals surface area contributed by atoms with Gasteiger partial charge in [-0.05, 0) is 61.9 Å². The van der Waals surface area contributed by atoms with Crippen LogP contribution in [-0.2, 0) is 12.8 Å². The quantitative estimate of drug-likeness (QED) is 0.583. The summed E-state index contributed by atoms with van der Waals surface area (Å²) in [6.45, 7) is 8.85. The molecule has 1 aliphatic carbocycles. The van der Waals surface area contributed by atoms with Crippen molar-refractivity contribution in [1.82, 2.24) is 4.90 Å². The van der Waals surface area contributed by atoms with E-state index in [2.05, 4.69) is 41.8 Å². The molecule has 1 unspecified atom stereocenters. The molecule has 1 aliphatic heterocycles. The molecule has 2 heterocycles. The molecule has 0 radical (unpaired) electrons. The smallest absolute Gasteiger partial charge is 0.339 e. The first-order chi connectivity index (χ1) is 16.0. The number of anilines is 1. The predicted octanol–water partition coefficient (Wildman–Crippen LogP) is 3.46. The minimum Gasteiger partial charge on any atom is -0.491 e. The number of para-hydroxylation sites is 1. The molecule has 1 aromatic heterocycles. The lowest BCUT2D eigenvalue weighted by atomic mass is 10.1. The van der Waals surface area contributed by atoms with Crippen molar-refractivity contribution in [3.05, 3.63) is 69.1 Å². The van der Waals surface area contributed by atoms with Crippen molar-refractivity contribution < 1.29 is 14.3 Å². The minimum absolute atomic E-state index is 0.206. The molecule has 0 amide bonds. The minimum atomic E-state index is -0.584. The van der Waals surface area contributed by atoms with Crippen LogP contribution >= 0.6 is 0 Å². The number of nitrogens with zero attached hydrogens (tertiary/aromatic N) is 2. The van der Waals surface area contributed by atoms with E-state index >= 15 is 0 Å². The summed E-state index contributed by atoms with van der Waals surface area (Å²) in [5, 5.41) is 11.6. The number of hydrogen-bond acceptors (Lipinski definition) is 6. The van der Waals surface area contributed by atoms with Gasteiger partial charge in [-0.2, -0.15) is 0 Å². The van der Waals surface area contributed by atoms with Gasteiger partial charge in [-0.3, -0.25) is 4.90 Å². The lowest BCUT2D eigenvalue weighted by Gasteiger charge is -2.38. The van der Waals surface area contributed by atoms with Crippen LogP contribution in [0.1, 0.15) is 28.7 Å². The standard InChI is InChI=1S/C27H32N2O4/c1-18-5-3-6-19(2)26(18)29-13-11-28(12-14-29)16-20(30)17-32-21-9-10-23-22-7-4-8-24(22)27(31)33-25(23)15-21/h3,5-6,9-10,15,20,30H,4,7-8,11-14,16-17H2,1-2H3. The lowest BCUT2D eigenvalue weighted by Crippen LogP contribution is -2.49. The van der Waals surface area contributed by atoms with Crippen LogP contribution in [0.2, 0.25) is 0 Å². The van der Waals surface area contributed by atoms with E-state index in [1.54, 1.807) is 6.07 Å². The van der Waals surface area contributed by atoms with Gasteiger partial charge < -0.3 is 19.2 Å². The third-order valence-corrected chi connectivity index (χ3v) is 6.98. The first-order valence-corrected chi connectivity index (χ1v) is 11.9. The van der Waals surface area contributed by atoms with Crippen LogP contribution in [0, 0.1) is 13.8 Å². The Bertz CT molecular complexity index is 1190. The number of aliphatic hydroxyl groups is 1. The van der Waals surface area contributed by atoms with Gasteiger partial charge in [-0.25, -0.2) is 4.79 Å². The van der Waals surface area contributed by atoms with Crippen LogP contribution in [0.15, 0.2) is 45.6 Å². The number of β-amino-alcohol motifs (C(OH)–C–C–N with tert-alkyl or cyclic N) is 1. The van der Waals surface area contributed by atoms with Crippen molar-refractivity contribution in [2.24, 2.45) is 0 Å². The van der Waals surface area contributed by atoms with Crippen LogP contribution in [0.3, 0.4) is 0 Å². The highest BCUT2D eigenvalue weighted by molar-refractivity contribution is 5.83. The maximum atomic E-state index is 12.2. The Labute approximate surface area is 194 Å². The van der Waals surface area contributed by atoms with Crippen LogP contribution in [0.25, 0.3) is 11.0 Å². The second-order valence-corrected chi connectivity index (χ2v) is 9.35. The molecule has 3 aromatic rings. The van der Waals surface area contributed by atoms with E-state index in [0.717, 1.165) is 62.0 Å². The number of piperazine rings is 1. The summed E-state index contributed by atoms with van der Waals surface area (Å²) in [6.07, 6.45) is 2.14. The summed E-state index contributed by atoms with van der Waals surface area (Å²) in [4.78, 5) is 17.0. The van der Waals surface area contributed by atoms with Gasteiger partial charge in [0.05, 0.1) is 0 Å². The van der Waals surface area contributed by atoms with Crippen molar-refractivity contribution in [1.29, 1.82) is 0 Å². The van der Waals surface area contributed by atoms with E-state index in [0.29, 0.717) is 17.9 Å². The van der Waals surface area contributed by atoms with Gasteiger partial charge in [-0.15, -0.1) is 0 Å². The highest BCUT2D eigenvalue weighted by atomic mass is 16.5. The zero-order valence-electron chi connectivity index (χ0n) is 19.5. The Balaban J connectivity index is 1.15. The fraction of sp³-hybridized carbons (Fsp3) is 0.444. The molecule has 2 aliphatic rings. The van der Waals surface area contributed by atoms with Gasteiger partial charge in [0.1, 0.15) is 24.0 Å². The van der Waals surface area contributed by atoms with Gasteiger partial charge in [0.2, 0.25) is 0 Å². The summed E-state index contributed by atoms with van der Waals surface area (Å²) < 4.78 is 11.4. The van der Waals surface area contributed by atoms with E-state index in [1.807, 2.05) is 12.1 Å². The molecule has 1 N–H and O–H groups in total. The van der Waals surface area contributed by atoms with Crippen LogP contribution in [0.5, 0.6) is 5.75 Å². The summed E-state index contributed by atoms with van der Waals surface area (Å²) in [7, 11) is 0. The number of hydrogen-bond donors (Lipinski definition) is 1. The van der Waals surface area contributed by atoms with Crippen LogP contribution in [0.4, 0.5) is 5.69 Å². The van der Waals surface area contributed by atoms with Gasteiger partial charge in [0.25, 0.3) is 0 Å². The van der Waals surface area contributed by atoms with Crippen molar-refractivity contribution >= 4 is 16.7 Å². The molecule has 1 fully saturated rings. The Hall–Kier alpha value is -2.83. The fourth-order valence-electron chi connectivity index (χ4n) is 5.36. The molecule has 1 atom stereocenters. The van der Waals surface area contributed by atoms with Crippen LogP contribution < -0.4 is 15.3 Å². The number of benzene rings is 2. The van der Waals surface area contributed by atoms with Crippen molar-refractivity contribution in [2.75, 3.05) is 44.2 Å². The molecule has 1 saturated heterocycles. The number of fused-ring (bicyclic) bond motifs is 3. The second kappa shape index (κ2) is 9.20. The summed E-state index contributed by atoms with van der Waals surface area (Å²) in [5.74, 6) is 0.613. The molecule has 5 rings (SSSR count). The maximum absolute atomic E-state index is 12.2. The second-order valence-electron chi connectivity index (χ2n) is 9.35. The lowest BCUT2D eigenvalue weighted by molar-refractivity contribution is 0.0663. The maximum Gasteiger partial charge on any atom is 0.339 e. The Kier molecular flexibility index (Phi) is 6.13. The summed E-state index contributed by atoms with van der Waals surface area (Å²) in [6, 6.07) is 12.1. The average molecular weight is 449 g/mol. The third kappa shape index (κ3) is 4.50. The largest absolute Gasteiger partial charge is 0.491 e. The van der Waals surface area contributed by atoms with E-state index in [1.165, 1.54) is 16.8 Å². The normalized spacial score (nSPS) is 17.4. The third-order valence-electron chi connectivity index (χ3n) is 6.98. The molecular weight excluding hydrogens is 416 g/mol. The van der Waals surface area contributed by atoms with Crippen molar-refractivity contribution in [3.8, 4) is 5.75 Å². The number of aryl methyl sites for hydroxylation is 3. The Morgan fingerprint density at radius 2 is 1.76 bits per heavy atom. The number of aliphatic hydroxyl groups excluding tert-OH is 1. The molecule has 0 bridgehead atoms. The number of ether oxygens (including phenoxy) is 1. The zero-order chi connectivity index (χ0) is 22.9. The topological polar surface area (TPSA) is 66.2 Å². The predicted molar refractivity (Wildman–Crippen MR) is 131 cm³/mol. The Morgan fingerprint density at radius 3 is 2.52 bits per heavy atom. The van der Waals surface area contributed by atoms with E-state index in [-0.39, 0.29) is 12.2 Å². The fourth-order valence-corrected chi connectivity index (χ4v) is 5.36. The SMILES string of the molecule is Cc1cccc(C)c1N1CCN(CC(O)COc2ccc3c4c(c(=O)oc3c2)CCC4)CC1. The van der Waals surface area contributed by atoms with E-state index < -0.39 is 6.10 Å². The van der Waals surface area contributed by atoms with Crippen molar-refractivity contribution in [2.45, 2.75) is 39.2 Å². The summed E-state index contributed by atoms with van der Waals surface area (Å²) in [5.41, 5.74) is 6.25. The zero-order valence-corrected chi connectivity index (χ0v) is 19.5. The first-order valence-electron chi connectivity index (χ1n) is 11.9. The Morgan fingerprint density at radius 1 is 1.03 bits per heavy atom. The first kappa shape index (κ1) is 22.0. The molecule has 0 saturated carbocycles. The number of rotatable bonds is 6. The summed E-state index contributed by atoms with van der Waals surface area (Å²) >= 11 is 0. The average Bonchev–Trinajstić information content (AvgIpc) is 3.30. The van der Waals surface area contributed by atoms with Gasteiger partial charge in [0.15, 0.2) is 0 Å². The van der Waals surface area contributed by atoms with E-state index in [9.17, 15) is 9.90 Å². The molecule has 6 heteroatoms. The van der Waals surface area contributed by atoms with Gasteiger partial charge in [-0.1, -0.05) is 18.2 Å². The highest BCUT2D eigenvalue weighted by Gasteiger charge is 2.22. The molecule has 33 heavy (non-hydrogen) atoms. The van der Waals surface area contributed by atoms with Gasteiger partial charge in [0, 0.05) is 55.4 Å². The van der Waals surface area contributed by atoms with E-state index in [4.69, 9.17) is 9.15 Å². The highest BCUT2D eigenvalue weighted by Crippen LogP contribution is 2.30. The molecular formula is C27H32N2O4. The monoisotopic (exact) mass is 448 g/mol. The molecule has 6 nitrogen and oxygen atoms in total.